The number of amides is 1. The topological polar surface area (TPSA) is 106 Å². The summed E-state index contributed by atoms with van der Waals surface area (Å²) in [6.07, 6.45) is 1.55. The molecule has 2 fully saturated rings. The Kier molecular flexibility index (Phi) is 6.30. The van der Waals surface area contributed by atoms with Crippen molar-refractivity contribution < 1.29 is 23.0 Å². The highest BCUT2D eigenvalue weighted by molar-refractivity contribution is 5.91. The molecule has 0 radical (unpaired) electrons. The predicted octanol–water partition coefficient (Wildman–Crippen LogP) is 3.21. The minimum absolute atomic E-state index is 0.0107. The first-order valence-corrected chi connectivity index (χ1v) is 11.4. The zero-order chi connectivity index (χ0) is 24.8. The molecule has 1 unspecified atom stereocenters. The van der Waals surface area contributed by atoms with Gasteiger partial charge >= 0.3 is 11.8 Å². The zero-order valence-electron chi connectivity index (χ0n) is 19.7. The van der Waals surface area contributed by atoms with Crippen molar-refractivity contribution in [2.75, 3.05) is 24.9 Å². The molecule has 1 aromatic heterocycles. The van der Waals surface area contributed by atoms with Crippen molar-refractivity contribution in [3.63, 3.8) is 0 Å². The van der Waals surface area contributed by atoms with Gasteiger partial charge in [0, 0.05) is 25.2 Å². The lowest BCUT2D eigenvalue weighted by atomic mass is 10.0. The van der Waals surface area contributed by atoms with Gasteiger partial charge in [-0.05, 0) is 58.9 Å². The Morgan fingerprint density at radius 3 is 2.62 bits per heavy atom. The molecule has 2 heterocycles. The van der Waals surface area contributed by atoms with E-state index in [1.807, 2.05) is 6.92 Å². The molecule has 1 aliphatic heterocycles. The van der Waals surface area contributed by atoms with Gasteiger partial charge in [0.15, 0.2) is 11.6 Å². The van der Waals surface area contributed by atoms with Crippen LogP contribution in [0.1, 0.15) is 53.0 Å². The highest BCUT2D eigenvalue weighted by Gasteiger charge is 2.35. The van der Waals surface area contributed by atoms with Crippen molar-refractivity contribution in [3.05, 3.63) is 32.7 Å². The van der Waals surface area contributed by atoms with Crippen LogP contribution in [0, 0.1) is 11.7 Å². The number of ether oxygens (including phenoxy) is 2. The Balaban J connectivity index is 1.68. The molecule has 9 nitrogen and oxygen atoms in total. The lowest BCUT2D eigenvalue weighted by Gasteiger charge is -2.26. The summed E-state index contributed by atoms with van der Waals surface area (Å²) in [4.78, 5) is 41.1. The Morgan fingerprint density at radius 2 is 2.00 bits per heavy atom. The van der Waals surface area contributed by atoms with E-state index in [4.69, 9.17) is 9.47 Å². The van der Waals surface area contributed by atoms with Gasteiger partial charge in [0.25, 0.3) is 5.56 Å². The van der Waals surface area contributed by atoms with Crippen LogP contribution in [0.2, 0.25) is 0 Å². The number of nitrogens with one attached hydrogen (secondary N) is 2. The number of rotatable bonds is 6. The van der Waals surface area contributed by atoms with Gasteiger partial charge in [0.1, 0.15) is 16.8 Å². The van der Waals surface area contributed by atoms with E-state index < -0.39 is 35.6 Å². The van der Waals surface area contributed by atoms with E-state index >= 15 is 4.39 Å². The third-order valence-electron chi connectivity index (χ3n) is 6.21. The first-order valence-electron chi connectivity index (χ1n) is 11.4. The number of carbonyl (C=O) groups excluding carboxylic acids is 1. The molecule has 4 rings (SSSR count). The van der Waals surface area contributed by atoms with E-state index in [2.05, 4.69) is 10.3 Å². The van der Waals surface area contributed by atoms with Gasteiger partial charge in [0.05, 0.1) is 5.39 Å². The highest BCUT2D eigenvalue weighted by Crippen LogP contribution is 2.43. The van der Waals surface area contributed by atoms with Crippen LogP contribution in [-0.2, 0) is 4.74 Å². The number of carbonyl (C=O) groups is 1. The molecule has 2 aromatic rings. The number of nitrogens with zero attached hydrogens (tertiary/aromatic N) is 2. The molecule has 1 aliphatic carbocycles. The van der Waals surface area contributed by atoms with Crippen LogP contribution in [0.15, 0.2) is 15.7 Å². The number of hydrogen-bond donors (Lipinski definition) is 2. The number of alkyl halides is 1. The summed E-state index contributed by atoms with van der Waals surface area (Å²) in [6, 6.07) is 0.653. The normalized spacial score (nSPS) is 19.4. The molecule has 11 heteroatoms. The SMILES string of the molecule is C[C@H](NC(=O)OC(C)(C)C)C1CCN(c2c(F)cc3c(=O)[nH]c(=O)n(C4CC4)c3c2OCF)C1. The average molecular weight is 481 g/mol. The maximum Gasteiger partial charge on any atom is 0.407 e. The first-order chi connectivity index (χ1) is 16.0. The maximum atomic E-state index is 15.3. The molecular weight excluding hydrogens is 450 g/mol. The second-order valence-corrected chi connectivity index (χ2v) is 9.98. The monoisotopic (exact) mass is 480 g/mol. The van der Waals surface area contributed by atoms with Crippen molar-refractivity contribution in [2.45, 2.75) is 64.6 Å². The van der Waals surface area contributed by atoms with Crippen molar-refractivity contribution in [1.29, 1.82) is 0 Å². The second-order valence-electron chi connectivity index (χ2n) is 9.98. The molecular formula is C23H30F2N4O5. The summed E-state index contributed by atoms with van der Waals surface area (Å²) in [5.74, 6) is -0.928. The Morgan fingerprint density at radius 1 is 1.29 bits per heavy atom. The lowest BCUT2D eigenvalue weighted by molar-refractivity contribution is 0.0494. The average Bonchev–Trinajstić information content (AvgIpc) is 3.43. The van der Waals surface area contributed by atoms with Gasteiger partial charge in [-0.1, -0.05) is 0 Å². The zero-order valence-corrected chi connectivity index (χ0v) is 19.7. The fraction of sp³-hybridized carbons (Fsp3) is 0.609. The predicted molar refractivity (Wildman–Crippen MR) is 123 cm³/mol. The summed E-state index contributed by atoms with van der Waals surface area (Å²) in [5.41, 5.74) is -1.89. The van der Waals surface area contributed by atoms with Gasteiger partial charge in [-0.15, -0.1) is 0 Å². The van der Waals surface area contributed by atoms with Gasteiger partial charge in [-0.25, -0.2) is 18.4 Å². The second kappa shape index (κ2) is 8.92. The quantitative estimate of drug-likeness (QED) is 0.658. The van der Waals surface area contributed by atoms with Gasteiger partial charge in [0.2, 0.25) is 6.86 Å². The summed E-state index contributed by atoms with van der Waals surface area (Å²) >= 11 is 0. The smallest absolute Gasteiger partial charge is 0.407 e. The van der Waals surface area contributed by atoms with Gasteiger partial charge < -0.3 is 19.7 Å². The van der Waals surface area contributed by atoms with E-state index in [1.165, 1.54) is 4.57 Å². The number of aromatic amines is 1. The number of anilines is 1. The summed E-state index contributed by atoms with van der Waals surface area (Å²) in [6.45, 7) is 6.70. The molecule has 1 amide bonds. The number of H-pyrrole nitrogens is 1. The van der Waals surface area contributed by atoms with Crippen LogP contribution in [0.4, 0.5) is 19.3 Å². The van der Waals surface area contributed by atoms with Crippen LogP contribution in [0.3, 0.4) is 0 Å². The number of alkyl carbamates (subject to hydrolysis) is 1. The summed E-state index contributed by atoms with van der Waals surface area (Å²) in [5, 5.41) is 2.75. The minimum atomic E-state index is -1.24. The largest absolute Gasteiger partial charge is 0.458 e. The van der Waals surface area contributed by atoms with E-state index in [-0.39, 0.29) is 40.3 Å². The van der Waals surface area contributed by atoms with Crippen molar-refractivity contribution >= 4 is 22.7 Å². The van der Waals surface area contributed by atoms with Gasteiger partial charge in [-0.2, -0.15) is 0 Å². The molecule has 2 atom stereocenters. The minimum Gasteiger partial charge on any atom is -0.458 e. The fourth-order valence-corrected chi connectivity index (χ4v) is 4.52. The molecule has 0 spiro atoms. The van der Waals surface area contributed by atoms with Crippen LogP contribution in [0.5, 0.6) is 5.75 Å². The lowest BCUT2D eigenvalue weighted by Crippen LogP contribution is -2.42. The van der Waals surface area contributed by atoms with Gasteiger partial charge in [-0.3, -0.25) is 14.3 Å². The number of aromatic nitrogens is 2. The van der Waals surface area contributed by atoms with Crippen molar-refractivity contribution in [3.8, 4) is 5.75 Å². The molecule has 0 bridgehead atoms. The van der Waals surface area contributed by atoms with Crippen LogP contribution < -0.4 is 26.2 Å². The third-order valence-corrected chi connectivity index (χ3v) is 6.21. The van der Waals surface area contributed by atoms with E-state index in [9.17, 15) is 18.8 Å². The maximum absolute atomic E-state index is 15.3. The molecule has 34 heavy (non-hydrogen) atoms. The van der Waals surface area contributed by atoms with E-state index in [0.717, 1.165) is 18.9 Å². The van der Waals surface area contributed by atoms with Crippen molar-refractivity contribution in [1.82, 2.24) is 14.9 Å². The van der Waals surface area contributed by atoms with Crippen molar-refractivity contribution in [2.24, 2.45) is 5.92 Å². The molecule has 2 N–H and O–H groups in total. The van der Waals surface area contributed by atoms with E-state index in [0.29, 0.717) is 19.5 Å². The Labute approximate surface area is 195 Å². The molecule has 2 aliphatic rings. The fourth-order valence-electron chi connectivity index (χ4n) is 4.52. The van der Waals surface area contributed by atoms with Crippen LogP contribution in [0.25, 0.3) is 10.9 Å². The van der Waals surface area contributed by atoms with Crippen LogP contribution >= 0.6 is 0 Å². The Hall–Kier alpha value is -3.11. The standard InChI is InChI=1S/C23H30F2N4O5/c1-12(26-22(32)34-23(2,3)4)13-7-8-28(10-13)18-16(25)9-15-17(19(18)33-11-24)29(14-5-6-14)21(31)27-20(15)30/h9,12-14H,5-8,10-11H2,1-4H3,(H,26,32)(H,27,30,31)/t12-,13?/m0/s1. The highest BCUT2D eigenvalue weighted by atomic mass is 19.1. The summed E-state index contributed by atoms with van der Waals surface area (Å²) in [7, 11) is 0. The Bertz CT molecular complexity index is 1220. The third kappa shape index (κ3) is 4.74. The molecule has 1 saturated heterocycles. The number of hydrogen-bond acceptors (Lipinski definition) is 6. The summed E-state index contributed by atoms with van der Waals surface area (Å²) < 4.78 is 40.7. The number of benzene rings is 1. The first kappa shape index (κ1) is 24.0. The van der Waals surface area contributed by atoms with E-state index in [1.54, 1.807) is 25.7 Å². The molecule has 1 aromatic carbocycles. The van der Waals surface area contributed by atoms with Crippen LogP contribution in [-0.4, -0.2) is 47.2 Å². The number of halogens is 2. The molecule has 1 saturated carbocycles. The molecule has 186 valence electrons. The number of fused-ring (bicyclic) bond motifs is 1.